The van der Waals surface area contributed by atoms with Crippen molar-refractivity contribution < 1.29 is 9.47 Å². The molecule has 2 nitrogen and oxygen atoms in total. The van der Waals surface area contributed by atoms with Crippen LogP contribution in [-0.4, -0.2) is 28.2 Å². The van der Waals surface area contributed by atoms with Gasteiger partial charge >= 0.3 is 0 Å². The summed E-state index contributed by atoms with van der Waals surface area (Å²) in [6.07, 6.45) is 0. The van der Waals surface area contributed by atoms with Crippen LogP contribution in [0.1, 0.15) is 0 Å². The third kappa shape index (κ3) is 0.382. The second-order valence-electron chi connectivity index (χ2n) is 6.11. The number of halogens is 2. The molecule has 1 heterocycles. The van der Waals surface area contributed by atoms with Gasteiger partial charge in [-0.25, -0.2) is 0 Å². The molecule has 4 heteroatoms. The molecule has 4 unspecified atom stereocenters. The maximum Gasteiger partial charge on any atom is 0.187 e. The molecule has 1 aliphatic heterocycles. The molecule has 0 aromatic carbocycles. The second-order valence-corrected chi connectivity index (χ2v) is 8.08. The van der Waals surface area contributed by atoms with Crippen LogP contribution in [0.15, 0.2) is 0 Å². The van der Waals surface area contributed by atoms with E-state index >= 15 is 0 Å². The Morgan fingerprint density at radius 3 is 2.00 bits per heavy atom. The fourth-order valence-electron chi connectivity index (χ4n) is 6.49. The maximum atomic E-state index is 6.68. The van der Waals surface area contributed by atoms with Crippen molar-refractivity contribution in [1.82, 2.24) is 0 Å². The summed E-state index contributed by atoms with van der Waals surface area (Å²) in [7, 11) is 0. The molecular weight excluding hydrogens is 279 g/mol. The first-order valence-electron chi connectivity index (χ1n) is 5.85. The number of hydrogen-bond donors (Lipinski definition) is 0. The van der Waals surface area contributed by atoms with Gasteiger partial charge in [0.25, 0.3) is 0 Å². The van der Waals surface area contributed by atoms with Crippen molar-refractivity contribution >= 4 is 27.5 Å². The van der Waals surface area contributed by atoms with Crippen molar-refractivity contribution in [2.75, 3.05) is 13.2 Å². The van der Waals surface area contributed by atoms with Crippen LogP contribution in [0.2, 0.25) is 0 Å². The molecule has 80 valence electrons. The first kappa shape index (κ1) is 7.91. The lowest BCUT2D eigenvalue weighted by Gasteiger charge is -2.89. The maximum absolute atomic E-state index is 6.68. The van der Waals surface area contributed by atoms with Gasteiger partial charge in [-0.15, -0.1) is 11.6 Å². The predicted octanol–water partition coefficient (Wildman–Crippen LogP) is 1.61. The second kappa shape index (κ2) is 1.66. The molecule has 0 aromatic rings. The van der Waals surface area contributed by atoms with E-state index in [2.05, 4.69) is 15.9 Å². The van der Waals surface area contributed by atoms with E-state index in [0.717, 1.165) is 31.0 Å². The van der Waals surface area contributed by atoms with E-state index in [1.165, 1.54) is 0 Å². The summed E-state index contributed by atoms with van der Waals surface area (Å²) in [5, 5.41) is 0. The van der Waals surface area contributed by atoms with Gasteiger partial charge in [-0.1, -0.05) is 15.9 Å². The fraction of sp³-hybridized carbons (Fsp3) is 1.00. The Morgan fingerprint density at radius 1 is 0.933 bits per heavy atom. The van der Waals surface area contributed by atoms with Crippen LogP contribution in [0.25, 0.3) is 0 Å². The first-order chi connectivity index (χ1) is 7.19. The van der Waals surface area contributed by atoms with Crippen LogP contribution >= 0.6 is 27.5 Å². The average molecular weight is 290 g/mol. The van der Waals surface area contributed by atoms with Crippen molar-refractivity contribution in [2.45, 2.75) is 15.0 Å². The smallest absolute Gasteiger partial charge is 0.187 e. The monoisotopic (exact) mass is 288 g/mol. The van der Waals surface area contributed by atoms with Crippen LogP contribution in [-0.2, 0) is 9.47 Å². The van der Waals surface area contributed by atoms with E-state index in [1.54, 1.807) is 0 Å². The van der Waals surface area contributed by atoms with Gasteiger partial charge in [-0.05, 0) is 29.6 Å². The molecule has 7 fully saturated rings. The molecule has 0 N–H and O–H groups in total. The molecule has 2 bridgehead atoms. The molecule has 15 heavy (non-hydrogen) atoms. The summed E-state index contributed by atoms with van der Waals surface area (Å²) in [4.78, 5) is 0.191. The highest BCUT2D eigenvalue weighted by Gasteiger charge is 3.09. The zero-order valence-electron chi connectivity index (χ0n) is 7.95. The molecule has 6 aliphatic carbocycles. The van der Waals surface area contributed by atoms with Gasteiger partial charge in [0.05, 0.1) is 22.4 Å². The Labute approximate surface area is 101 Å². The van der Waals surface area contributed by atoms with E-state index in [9.17, 15) is 0 Å². The molecule has 0 amide bonds. The van der Waals surface area contributed by atoms with E-state index in [-0.39, 0.29) is 15.0 Å². The van der Waals surface area contributed by atoms with Gasteiger partial charge < -0.3 is 9.47 Å². The Balaban J connectivity index is 1.65. The molecule has 1 spiro atoms. The van der Waals surface area contributed by atoms with Gasteiger partial charge in [0, 0.05) is 5.92 Å². The van der Waals surface area contributed by atoms with Gasteiger partial charge in [0.1, 0.15) is 0 Å². The van der Waals surface area contributed by atoms with E-state index < -0.39 is 0 Å². The normalized spacial score (nSPS) is 82.0. The molecule has 7 aliphatic rings. The largest absolute Gasteiger partial charge is 0.346 e. The highest BCUT2D eigenvalue weighted by Crippen LogP contribution is 3.03. The van der Waals surface area contributed by atoms with Crippen molar-refractivity contribution in [1.29, 1.82) is 0 Å². The van der Waals surface area contributed by atoms with E-state index in [0.29, 0.717) is 17.8 Å². The lowest BCUT2D eigenvalue weighted by molar-refractivity contribution is -0.345. The number of rotatable bonds is 0. The van der Waals surface area contributed by atoms with Gasteiger partial charge in [0.15, 0.2) is 5.79 Å². The standard InChI is InChI=1S/C11H10BrClO2/c12-10-6-3-7(10)5-8(4(6)9(3,5)13)11(10)14-1-2-15-11/h3-8H,1-2H2. The zero-order valence-corrected chi connectivity index (χ0v) is 10.3. The number of ether oxygens (including phenoxy) is 2. The van der Waals surface area contributed by atoms with Crippen molar-refractivity contribution in [3.05, 3.63) is 0 Å². The van der Waals surface area contributed by atoms with Crippen LogP contribution in [0.4, 0.5) is 0 Å². The predicted molar refractivity (Wildman–Crippen MR) is 55.8 cm³/mol. The molecule has 4 atom stereocenters. The van der Waals surface area contributed by atoms with E-state index in [4.69, 9.17) is 21.1 Å². The lowest BCUT2D eigenvalue weighted by atomic mass is 9.19. The SMILES string of the molecule is ClC12C3C4C1C1C2C3C1(Br)C41OCCO1. The molecule has 1 saturated heterocycles. The number of alkyl halides is 2. The summed E-state index contributed by atoms with van der Waals surface area (Å²) in [6.45, 7) is 1.53. The summed E-state index contributed by atoms with van der Waals surface area (Å²) < 4.78 is 12.2. The molecular formula is C11H10BrClO2. The molecule has 0 aromatic heterocycles. The highest BCUT2D eigenvalue weighted by atomic mass is 79.9. The summed E-state index contributed by atoms with van der Waals surface area (Å²) in [6, 6.07) is 0. The van der Waals surface area contributed by atoms with Crippen LogP contribution in [0.3, 0.4) is 0 Å². The minimum Gasteiger partial charge on any atom is -0.346 e. The Kier molecular flexibility index (Phi) is 0.877. The highest BCUT2D eigenvalue weighted by molar-refractivity contribution is 9.10. The zero-order chi connectivity index (χ0) is 9.79. The summed E-state index contributed by atoms with van der Waals surface area (Å²) >= 11 is 10.7. The Hall–Kier alpha value is 0.690. The van der Waals surface area contributed by atoms with Crippen LogP contribution in [0, 0.1) is 35.5 Å². The van der Waals surface area contributed by atoms with Crippen molar-refractivity contribution in [3.63, 3.8) is 0 Å². The minimum atomic E-state index is -0.275. The third-order valence-electron chi connectivity index (χ3n) is 6.51. The van der Waals surface area contributed by atoms with Crippen molar-refractivity contribution in [2.24, 2.45) is 35.5 Å². The van der Waals surface area contributed by atoms with E-state index in [1.807, 2.05) is 0 Å². The topological polar surface area (TPSA) is 18.5 Å². The quantitative estimate of drug-likeness (QED) is 0.631. The summed E-state index contributed by atoms with van der Waals surface area (Å²) in [5.41, 5.74) is 0. The lowest BCUT2D eigenvalue weighted by Crippen LogP contribution is -2.94. The van der Waals surface area contributed by atoms with Gasteiger partial charge in [-0.2, -0.15) is 0 Å². The van der Waals surface area contributed by atoms with Crippen molar-refractivity contribution in [3.8, 4) is 0 Å². The Morgan fingerprint density at radius 2 is 1.47 bits per heavy atom. The van der Waals surface area contributed by atoms with Gasteiger partial charge in [-0.3, -0.25) is 0 Å². The van der Waals surface area contributed by atoms with Crippen LogP contribution in [0.5, 0.6) is 0 Å². The minimum absolute atomic E-state index is 0.151. The first-order valence-corrected chi connectivity index (χ1v) is 7.02. The van der Waals surface area contributed by atoms with Gasteiger partial charge in [0.2, 0.25) is 0 Å². The molecule has 6 saturated carbocycles. The molecule has 0 radical (unpaired) electrons. The Bertz CT molecular complexity index is 412. The molecule has 7 rings (SSSR count). The average Bonchev–Trinajstić information content (AvgIpc) is 2.78. The number of hydrogen-bond acceptors (Lipinski definition) is 2. The third-order valence-corrected chi connectivity index (χ3v) is 8.88. The fourth-order valence-corrected chi connectivity index (χ4v) is 8.93. The summed E-state index contributed by atoms with van der Waals surface area (Å²) in [5.74, 6) is 4.02. The van der Waals surface area contributed by atoms with Crippen LogP contribution < -0.4 is 0 Å².